The number of likely N-dealkylation sites (N-methyl/N-ethyl adjacent to an activating group) is 1. The molecule has 1 aromatic rings. The van der Waals surface area contributed by atoms with Crippen molar-refractivity contribution in [1.29, 1.82) is 0 Å². The van der Waals surface area contributed by atoms with Gasteiger partial charge < -0.3 is 15.3 Å². The van der Waals surface area contributed by atoms with Gasteiger partial charge >= 0.3 is 5.97 Å². The molecule has 1 aromatic heterocycles. The van der Waals surface area contributed by atoms with E-state index in [2.05, 4.69) is 29.0 Å². The van der Waals surface area contributed by atoms with Crippen molar-refractivity contribution >= 4 is 23.4 Å². The van der Waals surface area contributed by atoms with Crippen LogP contribution in [0.4, 0.5) is 5.82 Å². The Hall–Kier alpha value is -1.33. The Balaban J connectivity index is 2.61. The van der Waals surface area contributed by atoms with E-state index in [9.17, 15) is 4.79 Å². The summed E-state index contributed by atoms with van der Waals surface area (Å²) in [6, 6.07) is 2.94. The van der Waals surface area contributed by atoms with Gasteiger partial charge in [0.25, 0.3) is 0 Å². The molecule has 6 heteroatoms. The number of aromatic nitrogens is 1. The summed E-state index contributed by atoms with van der Waals surface area (Å²) in [6.07, 6.45) is 1.10. The number of aromatic carboxylic acids is 1. The molecule has 0 radical (unpaired) electrons. The summed E-state index contributed by atoms with van der Waals surface area (Å²) < 4.78 is 0. The van der Waals surface area contributed by atoms with Gasteiger partial charge in [-0.3, -0.25) is 0 Å². The molecule has 1 heterocycles. The van der Waals surface area contributed by atoms with Gasteiger partial charge in [-0.15, -0.1) is 0 Å². The summed E-state index contributed by atoms with van der Waals surface area (Å²) >= 11 is 5.79. The molecule has 0 unspecified atom stereocenters. The van der Waals surface area contributed by atoms with Gasteiger partial charge in [0, 0.05) is 13.1 Å². The molecule has 0 atom stereocenters. The van der Waals surface area contributed by atoms with Crippen molar-refractivity contribution < 1.29 is 9.90 Å². The first-order valence-corrected chi connectivity index (χ1v) is 6.82. The maximum atomic E-state index is 11.1. The summed E-state index contributed by atoms with van der Waals surface area (Å²) in [5, 5.41) is 12.4. The van der Waals surface area contributed by atoms with E-state index in [4.69, 9.17) is 16.7 Å². The van der Waals surface area contributed by atoms with Crippen LogP contribution < -0.4 is 5.32 Å². The van der Waals surface area contributed by atoms with Crippen LogP contribution in [0.2, 0.25) is 5.15 Å². The minimum atomic E-state index is -1.01. The monoisotopic (exact) mass is 285 g/mol. The van der Waals surface area contributed by atoms with E-state index < -0.39 is 5.97 Å². The predicted molar refractivity (Wildman–Crippen MR) is 77.1 cm³/mol. The second kappa shape index (κ2) is 7.96. The quantitative estimate of drug-likeness (QED) is 0.719. The number of pyridine rings is 1. The Bertz CT molecular complexity index is 426. The molecule has 0 bridgehead atoms. The average molecular weight is 286 g/mol. The van der Waals surface area contributed by atoms with Gasteiger partial charge in [-0.2, -0.15) is 0 Å². The topological polar surface area (TPSA) is 65.5 Å². The Kier molecular flexibility index (Phi) is 6.59. The lowest BCUT2D eigenvalue weighted by molar-refractivity contribution is 0.0697. The minimum Gasteiger partial charge on any atom is -0.478 e. The van der Waals surface area contributed by atoms with E-state index in [0.29, 0.717) is 12.4 Å². The number of nitrogens with one attached hydrogen (secondary N) is 1. The number of anilines is 1. The third-order valence-electron chi connectivity index (χ3n) is 2.80. The lowest BCUT2D eigenvalue weighted by Gasteiger charge is -2.20. The summed E-state index contributed by atoms with van der Waals surface area (Å²) in [7, 11) is 0. The molecule has 1 rings (SSSR count). The highest BCUT2D eigenvalue weighted by Gasteiger charge is 2.12. The van der Waals surface area contributed by atoms with E-state index in [-0.39, 0.29) is 10.7 Å². The van der Waals surface area contributed by atoms with Gasteiger partial charge in [0.1, 0.15) is 16.5 Å². The zero-order valence-corrected chi connectivity index (χ0v) is 12.1. The van der Waals surface area contributed by atoms with Crippen molar-refractivity contribution in [1.82, 2.24) is 9.88 Å². The van der Waals surface area contributed by atoms with Crippen LogP contribution in [0.5, 0.6) is 0 Å². The molecule has 0 fully saturated rings. The Morgan fingerprint density at radius 1 is 1.42 bits per heavy atom. The molecule has 0 saturated carbocycles. The zero-order valence-electron chi connectivity index (χ0n) is 11.3. The number of carboxylic acid groups (broad SMARTS) is 1. The number of hydrogen-bond donors (Lipinski definition) is 2. The zero-order chi connectivity index (χ0) is 14.3. The number of nitrogens with zero attached hydrogens (tertiary/aromatic N) is 2. The smallest absolute Gasteiger partial charge is 0.339 e. The molecule has 0 spiro atoms. The summed E-state index contributed by atoms with van der Waals surface area (Å²) in [5.41, 5.74) is 0.142. The van der Waals surface area contributed by atoms with Crippen LogP contribution in [0.25, 0.3) is 0 Å². The highest BCUT2D eigenvalue weighted by atomic mass is 35.5. The lowest BCUT2D eigenvalue weighted by Crippen LogP contribution is -2.30. The Morgan fingerprint density at radius 2 is 2.16 bits per heavy atom. The molecule has 0 aliphatic carbocycles. The molecule has 0 saturated heterocycles. The lowest BCUT2D eigenvalue weighted by atomic mass is 10.2. The molecule has 106 valence electrons. The molecular formula is C13H20ClN3O2. The first-order valence-electron chi connectivity index (χ1n) is 6.44. The van der Waals surface area contributed by atoms with Gasteiger partial charge in [-0.25, -0.2) is 9.78 Å². The molecule has 5 nitrogen and oxygen atoms in total. The number of carbonyl (C=O) groups is 1. The van der Waals surface area contributed by atoms with Gasteiger partial charge in [0.2, 0.25) is 0 Å². The van der Waals surface area contributed by atoms with Crippen molar-refractivity contribution in [3.05, 3.63) is 22.8 Å². The van der Waals surface area contributed by atoms with Crippen LogP contribution in [-0.2, 0) is 0 Å². The maximum Gasteiger partial charge on any atom is 0.339 e. The minimum absolute atomic E-state index is 0.142. The molecule has 0 aliphatic heterocycles. The normalized spacial score (nSPS) is 10.7. The summed E-state index contributed by atoms with van der Waals surface area (Å²) in [6.45, 7) is 7.74. The fraction of sp³-hybridized carbons (Fsp3) is 0.538. The summed E-state index contributed by atoms with van der Waals surface area (Å²) in [5.74, 6) is -0.680. The van der Waals surface area contributed by atoms with Crippen LogP contribution in [0.1, 0.15) is 30.6 Å². The second-order valence-electron chi connectivity index (χ2n) is 4.20. The standard InChI is InChI=1S/C13H20ClN3O2/c1-3-8-17(4-2)9-7-15-12-10(13(18)19)5-6-11(14)16-12/h5-6H,3-4,7-9H2,1-2H3,(H,15,16)(H,18,19). The van der Waals surface area contributed by atoms with Crippen LogP contribution in [0, 0.1) is 0 Å². The van der Waals surface area contributed by atoms with E-state index >= 15 is 0 Å². The Morgan fingerprint density at radius 3 is 2.74 bits per heavy atom. The number of hydrogen-bond acceptors (Lipinski definition) is 4. The van der Waals surface area contributed by atoms with Gasteiger partial charge in [-0.1, -0.05) is 25.4 Å². The van der Waals surface area contributed by atoms with Crippen molar-refractivity contribution in [2.24, 2.45) is 0 Å². The van der Waals surface area contributed by atoms with E-state index in [1.807, 2.05) is 0 Å². The van der Waals surface area contributed by atoms with Crippen LogP contribution in [0.15, 0.2) is 12.1 Å². The van der Waals surface area contributed by atoms with E-state index in [0.717, 1.165) is 26.1 Å². The van der Waals surface area contributed by atoms with Crippen LogP contribution in [0.3, 0.4) is 0 Å². The maximum absolute atomic E-state index is 11.1. The number of rotatable bonds is 8. The highest BCUT2D eigenvalue weighted by Crippen LogP contribution is 2.16. The molecular weight excluding hydrogens is 266 g/mol. The van der Waals surface area contributed by atoms with Gasteiger partial charge in [0.05, 0.1) is 0 Å². The molecule has 0 aliphatic rings. The first-order chi connectivity index (χ1) is 9.08. The molecule has 2 N–H and O–H groups in total. The largest absolute Gasteiger partial charge is 0.478 e. The fourth-order valence-electron chi connectivity index (χ4n) is 1.82. The highest BCUT2D eigenvalue weighted by molar-refractivity contribution is 6.29. The summed E-state index contributed by atoms with van der Waals surface area (Å²) in [4.78, 5) is 17.4. The molecule has 19 heavy (non-hydrogen) atoms. The fourth-order valence-corrected chi connectivity index (χ4v) is 1.97. The predicted octanol–water partition coefficient (Wildman–Crippen LogP) is 2.58. The van der Waals surface area contributed by atoms with E-state index in [1.165, 1.54) is 12.1 Å². The van der Waals surface area contributed by atoms with Crippen molar-refractivity contribution in [2.75, 3.05) is 31.5 Å². The molecule has 0 aromatic carbocycles. The average Bonchev–Trinajstić information content (AvgIpc) is 2.37. The molecule has 0 amide bonds. The van der Waals surface area contributed by atoms with Crippen LogP contribution >= 0.6 is 11.6 Å². The second-order valence-corrected chi connectivity index (χ2v) is 4.58. The van der Waals surface area contributed by atoms with E-state index in [1.54, 1.807) is 0 Å². The number of carboxylic acids is 1. The van der Waals surface area contributed by atoms with Crippen LogP contribution in [-0.4, -0.2) is 47.1 Å². The van der Waals surface area contributed by atoms with Gasteiger partial charge in [-0.05, 0) is 31.6 Å². The third-order valence-corrected chi connectivity index (χ3v) is 3.01. The van der Waals surface area contributed by atoms with Gasteiger partial charge in [0.15, 0.2) is 0 Å². The number of halogens is 1. The Labute approximate surface area is 118 Å². The van der Waals surface area contributed by atoms with Crippen molar-refractivity contribution in [3.8, 4) is 0 Å². The third kappa shape index (κ3) is 5.04. The van der Waals surface area contributed by atoms with Crippen molar-refractivity contribution in [2.45, 2.75) is 20.3 Å². The van der Waals surface area contributed by atoms with Crippen molar-refractivity contribution in [3.63, 3.8) is 0 Å². The SMILES string of the molecule is CCCN(CC)CCNc1nc(Cl)ccc1C(=O)O. The first kappa shape index (κ1) is 15.7.